The van der Waals surface area contributed by atoms with Gasteiger partial charge in [-0.3, -0.25) is 9.69 Å². The zero-order chi connectivity index (χ0) is 24.1. The van der Waals surface area contributed by atoms with Gasteiger partial charge < -0.3 is 14.8 Å². The summed E-state index contributed by atoms with van der Waals surface area (Å²) in [4.78, 5) is 15.5. The fraction of sp³-hybridized carbons (Fsp3) is 0.458. The van der Waals surface area contributed by atoms with Gasteiger partial charge in [0.1, 0.15) is 5.75 Å². The van der Waals surface area contributed by atoms with E-state index >= 15 is 0 Å². The quantitative estimate of drug-likeness (QED) is 0.591. The number of halogens is 1. The van der Waals surface area contributed by atoms with Gasteiger partial charge in [-0.05, 0) is 50.2 Å². The summed E-state index contributed by atoms with van der Waals surface area (Å²) < 4.78 is 38.3. The second-order valence-electron chi connectivity index (χ2n) is 8.37. The number of rotatable bonds is 8. The highest BCUT2D eigenvalue weighted by molar-refractivity contribution is 7.89. The van der Waals surface area contributed by atoms with Crippen molar-refractivity contribution in [3.63, 3.8) is 0 Å². The van der Waals surface area contributed by atoms with E-state index in [0.717, 1.165) is 37.2 Å². The van der Waals surface area contributed by atoms with Gasteiger partial charge in [0.05, 0.1) is 41.8 Å². The van der Waals surface area contributed by atoms with Crippen molar-refractivity contribution in [1.29, 1.82) is 0 Å². The van der Waals surface area contributed by atoms with Crippen molar-refractivity contribution in [3.8, 4) is 5.75 Å². The highest BCUT2D eigenvalue weighted by atomic mass is 35.5. The molecule has 10 heteroatoms. The van der Waals surface area contributed by atoms with Crippen LogP contribution in [0.1, 0.15) is 34.8 Å². The summed E-state index contributed by atoms with van der Waals surface area (Å²) in [5.74, 6) is 0.355. The lowest BCUT2D eigenvalue weighted by molar-refractivity contribution is 0.0730. The predicted molar refractivity (Wildman–Crippen MR) is 130 cm³/mol. The number of ether oxygens (including phenoxy) is 2. The minimum absolute atomic E-state index is 0.0461. The van der Waals surface area contributed by atoms with Crippen LogP contribution in [0.5, 0.6) is 5.75 Å². The monoisotopic (exact) mass is 507 g/mol. The molecule has 34 heavy (non-hydrogen) atoms. The number of likely N-dealkylation sites (tertiary alicyclic amines) is 1. The van der Waals surface area contributed by atoms with Gasteiger partial charge in [0.15, 0.2) is 0 Å². The molecule has 0 aromatic heterocycles. The number of carbonyl (C=O) groups is 1. The molecule has 1 unspecified atom stereocenters. The summed E-state index contributed by atoms with van der Waals surface area (Å²) in [6, 6.07) is 12.0. The van der Waals surface area contributed by atoms with Crippen molar-refractivity contribution in [2.24, 2.45) is 0 Å². The van der Waals surface area contributed by atoms with E-state index in [-0.39, 0.29) is 34.6 Å². The van der Waals surface area contributed by atoms with Crippen LogP contribution in [0.25, 0.3) is 0 Å². The number of methoxy groups -OCH3 is 1. The first kappa shape index (κ1) is 24.9. The molecule has 2 aliphatic rings. The zero-order valence-electron chi connectivity index (χ0n) is 19.2. The van der Waals surface area contributed by atoms with Crippen LogP contribution in [0.15, 0.2) is 47.4 Å². The number of amides is 1. The molecule has 184 valence electrons. The van der Waals surface area contributed by atoms with E-state index < -0.39 is 15.9 Å². The van der Waals surface area contributed by atoms with E-state index in [9.17, 15) is 13.2 Å². The highest BCUT2D eigenvalue weighted by Crippen LogP contribution is 2.31. The van der Waals surface area contributed by atoms with E-state index in [2.05, 4.69) is 10.2 Å². The molecule has 0 saturated carbocycles. The summed E-state index contributed by atoms with van der Waals surface area (Å²) in [6.45, 7) is 3.48. The van der Waals surface area contributed by atoms with Crippen LogP contribution in [0, 0.1) is 0 Å². The number of hydrogen-bond donors (Lipinski definition) is 1. The molecule has 2 heterocycles. The fourth-order valence-corrected chi connectivity index (χ4v) is 6.13. The number of hydrogen-bond acceptors (Lipinski definition) is 6. The standard InChI is InChI=1S/C24H30ClN3O5S/c1-32-23-7-3-2-6-19(23)22(27-10-4-5-11-27)17-26-24(29)20-16-18(8-9-21(20)25)34(30,31)28-12-14-33-15-13-28/h2-3,6-9,16,22H,4-5,10-15,17H2,1H3,(H,26,29). The van der Waals surface area contributed by atoms with E-state index in [1.54, 1.807) is 7.11 Å². The summed E-state index contributed by atoms with van der Waals surface area (Å²) in [5.41, 5.74) is 1.14. The minimum Gasteiger partial charge on any atom is -0.496 e. The summed E-state index contributed by atoms with van der Waals surface area (Å²) in [7, 11) is -2.10. The van der Waals surface area contributed by atoms with Crippen LogP contribution in [0.3, 0.4) is 0 Å². The third kappa shape index (κ3) is 5.39. The number of para-hydroxylation sites is 1. The van der Waals surface area contributed by atoms with Crippen LogP contribution >= 0.6 is 11.6 Å². The average Bonchev–Trinajstić information content (AvgIpc) is 3.39. The maximum Gasteiger partial charge on any atom is 0.252 e. The Morgan fingerprint density at radius 3 is 2.53 bits per heavy atom. The van der Waals surface area contributed by atoms with E-state index in [4.69, 9.17) is 21.1 Å². The summed E-state index contributed by atoms with van der Waals surface area (Å²) >= 11 is 6.31. The van der Waals surface area contributed by atoms with Gasteiger partial charge in [-0.15, -0.1) is 0 Å². The van der Waals surface area contributed by atoms with Crippen LogP contribution in [-0.2, 0) is 14.8 Å². The maximum atomic E-state index is 13.2. The van der Waals surface area contributed by atoms with Crippen molar-refractivity contribution in [2.75, 3.05) is 53.0 Å². The molecular formula is C24H30ClN3O5S. The Kier molecular flexibility index (Phi) is 8.10. The smallest absolute Gasteiger partial charge is 0.252 e. The van der Waals surface area contributed by atoms with Gasteiger partial charge in [-0.25, -0.2) is 8.42 Å². The van der Waals surface area contributed by atoms with Crippen LogP contribution in [-0.4, -0.2) is 76.6 Å². The van der Waals surface area contributed by atoms with Crippen molar-refractivity contribution in [1.82, 2.24) is 14.5 Å². The fourth-order valence-electron chi connectivity index (χ4n) is 4.49. The molecule has 1 amide bonds. The van der Waals surface area contributed by atoms with Crippen molar-refractivity contribution >= 4 is 27.5 Å². The Morgan fingerprint density at radius 1 is 1.12 bits per heavy atom. The molecule has 2 aromatic carbocycles. The normalized spacial score (nSPS) is 18.5. The zero-order valence-corrected chi connectivity index (χ0v) is 20.8. The van der Waals surface area contributed by atoms with Gasteiger partial charge in [-0.1, -0.05) is 29.8 Å². The Labute approximate surface area is 205 Å². The van der Waals surface area contributed by atoms with Crippen LogP contribution in [0.4, 0.5) is 0 Å². The molecule has 2 saturated heterocycles. The molecule has 0 bridgehead atoms. The molecule has 0 spiro atoms. The molecule has 2 fully saturated rings. The Balaban J connectivity index is 1.55. The lowest BCUT2D eigenvalue weighted by Crippen LogP contribution is -2.40. The first-order valence-electron chi connectivity index (χ1n) is 11.4. The second kappa shape index (κ2) is 11.0. The third-order valence-electron chi connectivity index (χ3n) is 6.33. The Bertz CT molecular complexity index is 1120. The maximum absolute atomic E-state index is 13.2. The molecule has 0 radical (unpaired) electrons. The molecule has 8 nitrogen and oxygen atoms in total. The number of nitrogens with zero attached hydrogens (tertiary/aromatic N) is 2. The first-order valence-corrected chi connectivity index (χ1v) is 13.3. The minimum atomic E-state index is -3.74. The predicted octanol–water partition coefficient (Wildman–Crippen LogP) is 2.94. The molecule has 4 rings (SSSR count). The largest absolute Gasteiger partial charge is 0.496 e. The second-order valence-corrected chi connectivity index (χ2v) is 10.7. The number of sulfonamides is 1. The molecule has 2 aromatic rings. The van der Waals surface area contributed by atoms with Crippen molar-refractivity contribution in [2.45, 2.75) is 23.8 Å². The van der Waals surface area contributed by atoms with Crippen molar-refractivity contribution < 1.29 is 22.7 Å². The lowest BCUT2D eigenvalue weighted by atomic mass is 10.0. The Morgan fingerprint density at radius 2 is 1.82 bits per heavy atom. The first-order chi connectivity index (χ1) is 16.4. The molecular weight excluding hydrogens is 478 g/mol. The molecule has 1 atom stereocenters. The SMILES string of the molecule is COc1ccccc1C(CNC(=O)c1cc(S(=O)(=O)N2CCOCC2)ccc1Cl)N1CCCC1. The molecule has 0 aliphatic carbocycles. The van der Waals surface area contributed by atoms with E-state index in [0.29, 0.717) is 19.8 Å². The highest BCUT2D eigenvalue weighted by Gasteiger charge is 2.29. The van der Waals surface area contributed by atoms with E-state index in [1.807, 2.05) is 24.3 Å². The third-order valence-corrected chi connectivity index (χ3v) is 8.55. The molecule has 1 N–H and O–H groups in total. The number of morpholine rings is 1. The topological polar surface area (TPSA) is 88.2 Å². The van der Waals surface area contributed by atoms with Gasteiger partial charge in [0.25, 0.3) is 5.91 Å². The van der Waals surface area contributed by atoms with Crippen LogP contribution in [0.2, 0.25) is 5.02 Å². The average molecular weight is 508 g/mol. The Hall–Kier alpha value is -2.17. The van der Waals surface area contributed by atoms with E-state index in [1.165, 1.54) is 22.5 Å². The molecule has 2 aliphatic heterocycles. The van der Waals surface area contributed by atoms with Crippen LogP contribution < -0.4 is 10.1 Å². The number of benzene rings is 2. The number of carbonyl (C=O) groups excluding carboxylic acids is 1. The van der Waals surface area contributed by atoms with Gasteiger partial charge >= 0.3 is 0 Å². The van der Waals surface area contributed by atoms with Gasteiger partial charge in [0, 0.05) is 25.2 Å². The van der Waals surface area contributed by atoms with Gasteiger partial charge in [0.2, 0.25) is 10.0 Å². The lowest BCUT2D eigenvalue weighted by Gasteiger charge is -2.29. The number of nitrogens with one attached hydrogen (secondary N) is 1. The summed E-state index contributed by atoms with van der Waals surface area (Å²) in [6.07, 6.45) is 2.21. The summed E-state index contributed by atoms with van der Waals surface area (Å²) in [5, 5.41) is 3.18. The van der Waals surface area contributed by atoms with Gasteiger partial charge in [-0.2, -0.15) is 4.31 Å². The van der Waals surface area contributed by atoms with Crippen molar-refractivity contribution in [3.05, 3.63) is 58.6 Å².